The second kappa shape index (κ2) is 9.43. The summed E-state index contributed by atoms with van der Waals surface area (Å²) >= 11 is 0. The maximum absolute atomic E-state index is 12.3. The van der Waals surface area contributed by atoms with Gasteiger partial charge in [-0.3, -0.25) is 10.1 Å². The maximum atomic E-state index is 12.3. The Hall–Kier alpha value is -3.35. The number of benzene rings is 2. The summed E-state index contributed by atoms with van der Waals surface area (Å²) in [6.45, 7) is 10.6. The van der Waals surface area contributed by atoms with Crippen LogP contribution in [0.2, 0.25) is 0 Å². The van der Waals surface area contributed by atoms with Gasteiger partial charge in [-0.1, -0.05) is 23.8 Å². The van der Waals surface area contributed by atoms with Crippen molar-refractivity contribution in [3.05, 3.63) is 58.7 Å². The minimum atomic E-state index is -0.671. The SMILES string of the molecule is Cc1cc(C)c(NC(=O)COC(=O)c2cccc(NC(=O)OC(C)(C)C)c2)c(C)c1. The van der Waals surface area contributed by atoms with Crippen molar-refractivity contribution in [2.24, 2.45) is 0 Å². The van der Waals surface area contributed by atoms with Gasteiger partial charge in [0.25, 0.3) is 5.91 Å². The first-order chi connectivity index (χ1) is 13.9. The molecule has 0 aliphatic heterocycles. The third-order valence-corrected chi connectivity index (χ3v) is 4.02. The lowest BCUT2D eigenvalue weighted by atomic mass is 10.1. The third kappa shape index (κ3) is 6.92. The van der Waals surface area contributed by atoms with Crippen molar-refractivity contribution in [1.82, 2.24) is 0 Å². The van der Waals surface area contributed by atoms with Crippen LogP contribution in [0.25, 0.3) is 0 Å². The number of carbonyl (C=O) groups is 3. The van der Waals surface area contributed by atoms with E-state index in [1.807, 2.05) is 32.9 Å². The maximum Gasteiger partial charge on any atom is 0.412 e. The molecule has 0 unspecified atom stereocenters. The van der Waals surface area contributed by atoms with E-state index in [9.17, 15) is 14.4 Å². The molecule has 160 valence electrons. The predicted octanol–water partition coefficient (Wildman–Crippen LogP) is 4.75. The van der Waals surface area contributed by atoms with Gasteiger partial charge in [-0.25, -0.2) is 9.59 Å². The molecule has 0 aliphatic carbocycles. The van der Waals surface area contributed by atoms with Crippen molar-refractivity contribution in [3.8, 4) is 0 Å². The number of nitrogens with one attached hydrogen (secondary N) is 2. The molecule has 0 aliphatic rings. The Labute approximate surface area is 176 Å². The molecular formula is C23H28N2O5. The topological polar surface area (TPSA) is 93.7 Å². The zero-order chi connectivity index (χ0) is 22.5. The van der Waals surface area contributed by atoms with Gasteiger partial charge in [0, 0.05) is 11.4 Å². The number of aryl methyl sites for hydroxylation is 3. The van der Waals surface area contributed by atoms with E-state index in [4.69, 9.17) is 9.47 Å². The number of hydrogen-bond donors (Lipinski definition) is 2. The molecule has 0 aromatic heterocycles. The summed E-state index contributed by atoms with van der Waals surface area (Å²) in [5.41, 5.74) is 3.65. The molecule has 7 nitrogen and oxygen atoms in total. The van der Waals surface area contributed by atoms with E-state index in [-0.39, 0.29) is 5.56 Å². The molecule has 0 heterocycles. The highest BCUT2D eigenvalue weighted by atomic mass is 16.6. The van der Waals surface area contributed by atoms with Gasteiger partial charge in [-0.05, 0) is 70.9 Å². The quantitative estimate of drug-likeness (QED) is 0.691. The zero-order valence-electron chi connectivity index (χ0n) is 18.2. The molecule has 2 aromatic carbocycles. The average molecular weight is 412 g/mol. The van der Waals surface area contributed by atoms with E-state index in [0.717, 1.165) is 16.7 Å². The standard InChI is InChI=1S/C23H28N2O5/c1-14-10-15(2)20(16(3)11-14)25-19(26)13-29-21(27)17-8-7-9-18(12-17)24-22(28)30-23(4,5)6/h7-12H,13H2,1-6H3,(H,24,28)(H,25,26). The molecule has 0 bridgehead atoms. The van der Waals surface area contributed by atoms with Gasteiger partial charge in [0.1, 0.15) is 5.60 Å². The first-order valence-corrected chi connectivity index (χ1v) is 9.59. The summed E-state index contributed by atoms with van der Waals surface area (Å²) in [6, 6.07) is 10.2. The van der Waals surface area contributed by atoms with Crippen LogP contribution in [0.5, 0.6) is 0 Å². The average Bonchev–Trinajstić information content (AvgIpc) is 2.61. The van der Waals surface area contributed by atoms with Crippen LogP contribution in [-0.2, 0) is 14.3 Å². The van der Waals surface area contributed by atoms with Crippen LogP contribution in [0.15, 0.2) is 36.4 Å². The summed E-state index contributed by atoms with van der Waals surface area (Å²) in [6.07, 6.45) is -0.628. The van der Waals surface area contributed by atoms with Gasteiger partial charge < -0.3 is 14.8 Å². The number of carbonyl (C=O) groups excluding carboxylic acids is 3. The van der Waals surface area contributed by atoms with Crippen LogP contribution >= 0.6 is 0 Å². The van der Waals surface area contributed by atoms with E-state index in [1.165, 1.54) is 12.1 Å². The van der Waals surface area contributed by atoms with Crippen LogP contribution in [0.4, 0.5) is 16.2 Å². The minimum absolute atomic E-state index is 0.207. The highest BCUT2D eigenvalue weighted by molar-refractivity contribution is 5.97. The van der Waals surface area contributed by atoms with Crippen molar-refractivity contribution in [2.75, 3.05) is 17.2 Å². The Morgan fingerprint density at radius 2 is 1.57 bits per heavy atom. The second-order valence-corrected chi connectivity index (χ2v) is 8.11. The van der Waals surface area contributed by atoms with Gasteiger partial charge in [0.05, 0.1) is 5.56 Å². The number of esters is 1. The van der Waals surface area contributed by atoms with Crippen LogP contribution in [-0.4, -0.2) is 30.2 Å². The van der Waals surface area contributed by atoms with Crippen LogP contribution in [0, 0.1) is 20.8 Å². The van der Waals surface area contributed by atoms with Crippen LogP contribution in [0.1, 0.15) is 47.8 Å². The van der Waals surface area contributed by atoms with Gasteiger partial charge in [-0.15, -0.1) is 0 Å². The van der Waals surface area contributed by atoms with Crippen molar-refractivity contribution < 1.29 is 23.9 Å². The molecule has 2 N–H and O–H groups in total. The fourth-order valence-corrected chi connectivity index (χ4v) is 2.91. The van der Waals surface area contributed by atoms with Crippen molar-refractivity contribution in [1.29, 1.82) is 0 Å². The van der Waals surface area contributed by atoms with Gasteiger partial charge >= 0.3 is 12.1 Å². The molecule has 0 atom stereocenters. The Bertz CT molecular complexity index is 937. The smallest absolute Gasteiger partial charge is 0.412 e. The second-order valence-electron chi connectivity index (χ2n) is 8.11. The summed E-state index contributed by atoms with van der Waals surface area (Å²) in [5, 5.41) is 5.34. The number of hydrogen-bond acceptors (Lipinski definition) is 5. The lowest BCUT2D eigenvalue weighted by Gasteiger charge is -2.19. The molecule has 0 saturated heterocycles. The highest BCUT2D eigenvalue weighted by Crippen LogP contribution is 2.22. The summed E-state index contributed by atoms with van der Waals surface area (Å²) in [4.78, 5) is 36.4. The molecule has 0 fully saturated rings. The number of anilines is 2. The summed E-state index contributed by atoms with van der Waals surface area (Å²) in [5.74, 6) is -1.10. The number of ether oxygens (including phenoxy) is 2. The summed E-state index contributed by atoms with van der Waals surface area (Å²) < 4.78 is 10.3. The fourth-order valence-electron chi connectivity index (χ4n) is 2.91. The molecule has 2 aromatic rings. The van der Waals surface area contributed by atoms with Crippen LogP contribution < -0.4 is 10.6 Å². The van der Waals surface area contributed by atoms with Crippen molar-refractivity contribution >= 4 is 29.3 Å². The van der Waals surface area contributed by atoms with Crippen molar-refractivity contribution in [3.63, 3.8) is 0 Å². The lowest BCUT2D eigenvalue weighted by molar-refractivity contribution is -0.119. The molecule has 0 spiro atoms. The monoisotopic (exact) mass is 412 g/mol. The molecule has 2 rings (SSSR count). The molecule has 0 saturated carbocycles. The minimum Gasteiger partial charge on any atom is -0.452 e. The van der Waals surface area contributed by atoms with E-state index < -0.39 is 30.2 Å². The van der Waals surface area contributed by atoms with Gasteiger partial charge in [0.2, 0.25) is 0 Å². The van der Waals surface area contributed by atoms with Gasteiger partial charge in [0.15, 0.2) is 6.61 Å². The van der Waals surface area contributed by atoms with E-state index >= 15 is 0 Å². The predicted molar refractivity (Wildman–Crippen MR) is 116 cm³/mol. The van der Waals surface area contributed by atoms with Crippen LogP contribution in [0.3, 0.4) is 0 Å². The highest BCUT2D eigenvalue weighted by Gasteiger charge is 2.17. The fraction of sp³-hybridized carbons (Fsp3) is 0.348. The van der Waals surface area contributed by atoms with E-state index in [0.29, 0.717) is 11.4 Å². The third-order valence-electron chi connectivity index (χ3n) is 4.02. The Morgan fingerprint density at radius 3 is 2.17 bits per heavy atom. The first-order valence-electron chi connectivity index (χ1n) is 9.59. The van der Waals surface area contributed by atoms with E-state index in [1.54, 1.807) is 32.9 Å². The molecular weight excluding hydrogens is 384 g/mol. The Balaban J connectivity index is 1.95. The number of amides is 2. The zero-order valence-corrected chi connectivity index (χ0v) is 18.2. The Morgan fingerprint density at radius 1 is 0.933 bits per heavy atom. The summed E-state index contributed by atoms with van der Waals surface area (Å²) in [7, 11) is 0. The molecule has 2 amide bonds. The van der Waals surface area contributed by atoms with E-state index in [2.05, 4.69) is 10.6 Å². The number of rotatable bonds is 5. The molecule has 30 heavy (non-hydrogen) atoms. The van der Waals surface area contributed by atoms with Gasteiger partial charge in [-0.2, -0.15) is 0 Å². The van der Waals surface area contributed by atoms with Crippen molar-refractivity contribution in [2.45, 2.75) is 47.1 Å². The molecule has 7 heteroatoms. The lowest BCUT2D eigenvalue weighted by Crippen LogP contribution is -2.27. The Kier molecular flexibility index (Phi) is 7.21. The normalized spacial score (nSPS) is 10.9. The largest absolute Gasteiger partial charge is 0.452 e. The first kappa shape index (κ1) is 22.9. The molecule has 0 radical (unpaired) electrons.